The molecule has 8 nitrogen and oxygen atoms in total. The Morgan fingerprint density at radius 3 is 1.63 bits per heavy atom. The molecule has 0 aliphatic heterocycles. The number of methoxy groups -OCH3 is 1. The number of rotatable bonds is 9. The highest BCUT2D eigenvalue weighted by atomic mass is 16.5. The van der Waals surface area contributed by atoms with Gasteiger partial charge in [-0.05, 0) is 49.7 Å². The molecule has 6 aromatic rings. The number of hydrogen-bond donors (Lipinski definition) is 2. The van der Waals surface area contributed by atoms with Crippen LogP contribution in [-0.2, 0) is 6.61 Å². The maximum absolute atomic E-state index is 14.3. The van der Waals surface area contributed by atoms with Crippen LogP contribution in [0.3, 0.4) is 0 Å². The van der Waals surface area contributed by atoms with Crippen LogP contribution in [0.4, 0.5) is 0 Å². The van der Waals surface area contributed by atoms with Crippen LogP contribution in [0.5, 0.6) is 11.5 Å². The highest BCUT2D eigenvalue weighted by molar-refractivity contribution is 5.56. The van der Waals surface area contributed by atoms with Crippen LogP contribution in [0, 0.1) is 13.8 Å². The van der Waals surface area contributed by atoms with Crippen LogP contribution >= 0.6 is 0 Å². The molecule has 0 fully saturated rings. The molecule has 0 saturated heterocycles. The average Bonchev–Trinajstić information content (AvgIpc) is 3.51. The molecule has 0 saturated carbocycles. The number of ether oxygens (including phenoxy) is 2. The second-order valence-corrected chi connectivity index (χ2v) is 10.3. The number of H-pyrrole nitrogens is 2. The Balaban J connectivity index is 1.60. The molecule has 6 rings (SSSR count). The second kappa shape index (κ2) is 11.8. The monoisotopic (exact) mass is 572 g/mol. The van der Waals surface area contributed by atoms with E-state index in [2.05, 4.69) is 10.2 Å². The summed E-state index contributed by atoms with van der Waals surface area (Å²) >= 11 is 0. The van der Waals surface area contributed by atoms with Gasteiger partial charge in [0.05, 0.1) is 35.5 Å². The lowest BCUT2D eigenvalue weighted by molar-refractivity contribution is 0.281. The molecular weight excluding hydrogens is 540 g/mol. The van der Waals surface area contributed by atoms with Crippen molar-refractivity contribution >= 4 is 0 Å². The number of aryl methyl sites for hydroxylation is 2. The first-order chi connectivity index (χ1) is 21.0. The Kier molecular flexibility index (Phi) is 7.57. The average molecular weight is 573 g/mol. The summed E-state index contributed by atoms with van der Waals surface area (Å²) in [6.07, 6.45) is 0. The number of aromatic nitrogens is 4. The molecule has 0 radical (unpaired) electrons. The van der Waals surface area contributed by atoms with Crippen molar-refractivity contribution in [2.45, 2.75) is 26.4 Å². The molecule has 4 aromatic carbocycles. The third kappa shape index (κ3) is 5.19. The van der Waals surface area contributed by atoms with E-state index in [1.165, 1.54) is 9.36 Å². The van der Waals surface area contributed by atoms with Crippen molar-refractivity contribution in [1.82, 2.24) is 19.6 Å². The zero-order valence-corrected chi connectivity index (χ0v) is 24.2. The predicted molar refractivity (Wildman–Crippen MR) is 167 cm³/mol. The van der Waals surface area contributed by atoms with Gasteiger partial charge in [0.2, 0.25) is 0 Å². The molecule has 0 aliphatic carbocycles. The zero-order valence-electron chi connectivity index (χ0n) is 24.2. The fourth-order valence-corrected chi connectivity index (χ4v) is 5.58. The van der Waals surface area contributed by atoms with Gasteiger partial charge in [0.1, 0.15) is 6.61 Å². The van der Waals surface area contributed by atoms with E-state index < -0.39 is 5.92 Å². The quantitative estimate of drug-likeness (QED) is 0.221. The second-order valence-electron chi connectivity index (χ2n) is 10.3. The molecule has 0 spiro atoms. The van der Waals surface area contributed by atoms with Gasteiger partial charge < -0.3 is 9.47 Å². The SMILES string of the molecule is COc1cccc(C(c2c(C)[nH]n(-c3ccccc3)c2=O)c2c(C)[nH]n(-c3ccccc3)c2=O)c1OCc1ccccc1. The molecule has 8 heteroatoms. The van der Waals surface area contributed by atoms with Gasteiger partial charge in [0, 0.05) is 17.0 Å². The zero-order chi connectivity index (χ0) is 29.9. The first kappa shape index (κ1) is 27.7. The van der Waals surface area contributed by atoms with E-state index in [1.807, 2.05) is 123 Å². The van der Waals surface area contributed by atoms with Gasteiger partial charge in [0.15, 0.2) is 11.5 Å². The molecule has 0 atom stereocenters. The van der Waals surface area contributed by atoms with E-state index in [0.717, 1.165) is 5.56 Å². The summed E-state index contributed by atoms with van der Waals surface area (Å²) in [5.41, 5.74) is 4.68. The topological polar surface area (TPSA) is 94.0 Å². The summed E-state index contributed by atoms with van der Waals surface area (Å²) < 4.78 is 15.2. The summed E-state index contributed by atoms with van der Waals surface area (Å²) in [6.45, 7) is 3.98. The Bertz CT molecular complexity index is 1870. The van der Waals surface area contributed by atoms with Crippen LogP contribution in [-0.4, -0.2) is 26.7 Å². The summed E-state index contributed by atoms with van der Waals surface area (Å²) in [5.74, 6) is 0.200. The number of nitrogens with zero attached hydrogens (tertiary/aromatic N) is 2. The van der Waals surface area contributed by atoms with Crippen molar-refractivity contribution in [2.24, 2.45) is 0 Å². The predicted octanol–water partition coefficient (Wildman–Crippen LogP) is 6.03. The molecule has 0 bridgehead atoms. The van der Waals surface area contributed by atoms with Gasteiger partial charge in [-0.3, -0.25) is 19.8 Å². The molecule has 2 N–H and O–H groups in total. The van der Waals surface area contributed by atoms with Crippen LogP contribution in [0.2, 0.25) is 0 Å². The summed E-state index contributed by atoms with van der Waals surface area (Å²) in [4.78, 5) is 28.5. The van der Waals surface area contributed by atoms with Crippen LogP contribution in [0.15, 0.2) is 119 Å². The number of hydrogen-bond acceptors (Lipinski definition) is 4. The largest absolute Gasteiger partial charge is 0.493 e. The fraction of sp³-hybridized carbons (Fsp3) is 0.143. The van der Waals surface area contributed by atoms with E-state index in [-0.39, 0.29) is 17.7 Å². The number of nitrogens with one attached hydrogen (secondary N) is 2. The minimum atomic E-state index is -0.775. The molecule has 0 unspecified atom stereocenters. The van der Waals surface area contributed by atoms with Crippen LogP contribution < -0.4 is 20.6 Å². The van der Waals surface area contributed by atoms with Crippen molar-refractivity contribution < 1.29 is 9.47 Å². The summed E-state index contributed by atoms with van der Waals surface area (Å²) in [6, 6.07) is 34.1. The smallest absolute Gasteiger partial charge is 0.275 e. The molecule has 43 heavy (non-hydrogen) atoms. The van der Waals surface area contributed by atoms with Crippen molar-refractivity contribution in [3.8, 4) is 22.9 Å². The van der Waals surface area contributed by atoms with E-state index in [1.54, 1.807) is 7.11 Å². The van der Waals surface area contributed by atoms with Gasteiger partial charge in [-0.1, -0.05) is 78.9 Å². The standard InChI is InChI=1S/C35H32N4O4/c1-23-30(34(40)38(36-23)26-16-9-5-10-17-26)32(31-24(2)37-39(35(31)41)27-18-11-6-12-19-27)28-20-13-21-29(42-3)33(28)43-22-25-14-7-4-8-15-25/h4-21,32,36-37H,22H2,1-3H3. The van der Waals surface area contributed by atoms with E-state index in [0.29, 0.717) is 51.0 Å². The minimum absolute atomic E-state index is 0.253. The number of aromatic amines is 2. The highest BCUT2D eigenvalue weighted by Crippen LogP contribution is 2.42. The molecule has 2 aromatic heterocycles. The Morgan fingerprint density at radius 2 is 1.14 bits per heavy atom. The van der Waals surface area contributed by atoms with Crippen LogP contribution in [0.25, 0.3) is 11.4 Å². The first-order valence-corrected chi connectivity index (χ1v) is 14.1. The van der Waals surface area contributed by atoms with E-state index in [9.17, 15) is 9.59 Å². The number of para-hydroxylation sites is 3. The fourth-order valence-electron chi connectivity index (χ4n) is 5.58. The maximum Gasteiger partial charge on any atom is 0.275 e. The van der Waals surface area contributed by atoms with Gasteiger partial charge in [-0.15, -0.1) is 0 Å². The molecule has 0 aliphatic rings. The van der Waals surface area contributed by atoms with Crippen LogP contribution in [0.1, 0.15) is 39.6 Å². The molecular formula is C35H32N4O4. The molecule has 216 valence electrons. The Hall–Kier alpha value is -5.50. The lowest BCUT2D eigenvalue weighted by atomic mass is 9.84. The Labute approximate surface area is 248 Å². The van der Waals surface area contributed by atoms with Gasteiger partial charge in [0.25, 0.3) is 11.1 Å². The minimum Gasteiger partial charge on any atom is -0.493 e. The van der Waals surface area contributed by atoms with Crippen molar-refractivity contribution in [3.05, 3.63) is 164 Å². The molecule has 0 amide bonds. The van der Waals surface area contributed by atoms with Gasteiger partial charge >= 0.3 is 0 Å². The van der Waals surface area contributed by atoms with E-state index >= 15 is 0 Å². The Morgan fingerprint density at radius 1 is 0.651 bits per heavy atom. The summed E-state index contributed by atoms with van der Waals surface area (Å²) in [7, 11) is 1.58. The van der Waals surface area contributed by atoms with Crippen molar-refractivity contribution in [3.63, 3.8) is 0 Å². The lowest BCUT2D eigenvalue weighted by Crippen LogP contribution is -2.25. The highest BCUT2D eigenvalue weighted by Gasteiger charge is 2.33. The third-order valence-corrected chi connectivity index (χ3v) is 7.61. The van der Waals surface area contributed by atoms with Crippen molar-refractivity contribution in [2.75, 3.05) is 7.11 Å². The lowest BCUT2D eigenvalue weighted by Gasteiger charge is -2.21. The van der Waals surface area contributed by atoms with Gasteiger partial charge in [-0.25, -0.2) is 9.36 Å². The normalized spacial score (nSPS) is 11.2. The van der Waals surface area contributed by atoms with Crippen molar-refractivity contribution in [1.29, 1.82) is 0 Å². The van der Waals surface area contributed by atoms with E-state index in [4.69, 9.17) is 9.47 Å². The molecule has 2 heterocycles. The third-order valence-electron chi connectivity index (χ3n) is 7.61. The van der Waals surface area contributed by atoms with Gasteiger partial charge in [-0.2, -0.15) is 0 Å². The summed E-state index contributed by atoms with van der Waals surface area (Å²) in [5, 5.41) is 6.49. The first-order valence-electron chi connectivity index (χ1n) is 14.1. The maximum atomic E-state index is 14.3. The number of benzene rings is 4.